The minimum absolute atomic E-state index is 0.293. The Morgan fingerprint density at radius 2 is 2.29 bits per heavy atom. The van der Waals surface area contributed by atoms with Gasteiger partial charge in [-0.05, 0) is 34.3 Å². The van der Waals surface area contributed by atoms with Crippen LogP contribution in [0.2, 0.25) is 5.02 Å². The average molecular weight is 298 g/mol. The van der Waals surface area contributed by atoms with Crippen molar-refractivity contribution in [3.63, 3.8) is 0 Å². The smallest absolute Gasteiger partial charge is 0.0908 e. The molecule has 0 saturated carbocycles. The molecule has 0 aliphatic carbocycles. The summed E-state index contributed by atoms with van der Waals surface area (Å²) >= 11 is 10.8. The van der Waals surface area contributed by atoms with Crippen LogP contribution >= 0.6 is 38.9 Å². The Bertz CT molecular complexity index is 281. The van der Waals surface area contributed by atoms with Crippen LogP contribution in [0.15, 0.2) is 9.85 Å². The highest BCUT2D eigenvalue weighted by molar-refractivity contribution is 9.11. The summed E-state index contributed by atoms with van der Waals surface area (Å²) in [5, 5.41) is 10.7. The molecule has 0 spiro atoms. The molecule has 80 valence electrons. The van der Waals surface area contributed by atoms with Crippen LogP contribution in [-0.4, -0.2) is 5.11 Å². The van der Waals surface area contributed by atoms with Crippen molar-refractivity contribution in [2.45, 2.75) is 32.8 Å². The fraction of sp³-hybridized carbons (Fsp3) is 0.600. The van der Waals surface area contributed by atoms with Gasteiger partial charge in [0.05, 0.1) is 14.9 Å². The van der Waals surface area contributed by atoms with E-state index in [-0.39, 0.29) is 6.10 Å². The minimum Gasteiger partial charge on any atom is -0.387 e. The number of thiophene rings is 1. The Morgan fingerprint density at radius 3 is 2.71 bits per heavy atom. The second kappa shape index (κ2) is 5.50. The van der Waals surface area contributed by atoms with Crippen molar-refractivity contribution in [2.24, 2.45) is 5.92 Å². The standard InChI is InChI=1S/C10H14BrClOS/c1-3-4-6(2)9(13)8-5-7(12)10(11)14-8/h5-6,9,13H,3-4H2,1-2H3. The fourth-order valence-electron chi connectivity index (χ4n) is 1.40. The van der Waals surface area contributed by atoms with Gasteiger partial charge in [0.1, 0.15) is 0 Å². The molecular formula is C10H14BrClOS. The van der Waals surface area contributed by atoms with E-state index in [9.17, 15) is 5.11 Å². The van der Waals surface area contributed by atoms with Crippen LogP contribution < -0.4 is 0 Å². The number of hydrogen-bond acceptors (Lipinski definition) is 2. The van der Waals surface area contributed by atoms with E-state index >= 15 is 0 Å². The molecule has 4 heteroatoms. The van der Waals surface area contributed by atoms with Gasteiger partial charge in [0, 0.05) is 4.88 Å². The third-order valence-electron chi connectivity index (χ3n) is 2.24. The summed E-state index contributed by atoms with van der Waals surface area (Å²) in [6.45, 7) is 4.19. The molecule has 0 radical (unpaired) electrons. The SMILES string of the molecule is CCCC(C)C(O)c1cc(Cl)c(Br)s1. The molecule has 14 heavy (non-hydrogen) atoms. The van der Waals surface area contributed by atoms with Gasteiger partial charge >= 0.3 is 0 Å². The normalized spacial score (nSPS) is 15.5. The molecule has 0 fully saturated rings. The van der Waals surface area contributed by atoms with Crippen LogP contribution in [-0.2, 0) is 0 Å². The van der Waals surface area contributed by atoms with Crippen molar-refractivity contribution in [2.75, 3.05) is 0 Å². The Labute approximate surface area is 102 Å². The molecule has 1 N–H and O–H groups in total. The van der Waals surface area contributed by atoms with Gasteiger partial charge in [0.25, 0.3) is 0 Å². The maximum Gasteiger partial charge on any atom is 0.0908 e. The molecule has 1 aromatic heterocycles. The zero-order chi connectivity index (χ0) is 10.7. The third-order valence-corrected chi connectivity index (χ3v) is 4.78. The van der Waals surface area contributed by atoms with E-state index in [1.54, 1.807) is 0 Å². The number of hydrogen-bond donors (Lipinski definition) is 1. The molecule has 2 atom stereocenters. The van der Waals surface area contributed by atoms with Crippen LogP contribution in [0.1, 0.15) is 37.7 Å². The highest BCUT2D eigenvalue weighted by atomic mass is 79.9. The number of rotatable bonds is 4. The lowest BCUT2D eigenvalue weighted by molar-refractivity contribution is 0.116. The van der Waals surface area contributed by atoms with Crippen molar-refractivity contribution in [1.82, 2.24) is 0 Å². The van der Waals surface area contributed by atoms with E-state index in [0.717, 1.165) is 21.5 Å². The van der Waals surface area contributed by atoms with E-state index in [2.05, 4.69) is 29.8 Å². The summed E-state index contributed by atoms with van der Waals surface area (Å²) in [6, 6.07) is 1.84. The zero-order valence-corrected chi connectivity index (χ0v) is 11.4. The summed E-state index contributed by atoms with van der Waals surface area (Å²) in [4.78, 5) is 0.947. The average Bonchev–Trinajstić information content (AvgIpc) is 2.46. The fourth-order valence-corrected chi connectivity index (χ4v) is 3.27. The first-order valence-corrected chi connectivity index (χ1v) is 6.67. The highest BCUT2D eigenvalue weighted by Crippen LogP contribution is 2.38. The second-order valence-corrected chi connectivity index (χ2v) is 6.29. The molecule has 0 bridgehead atoms. The van der Waals surface area contributed by atoms with E-state index in [1.807, 2.05) is 6.07 Å². The maximum atomic E-state index is 9.99. The lowest BCUT2D eigenvalue weighted by Gasteiger charge is -2.16. The predicted octanol–water partition coefficient (Wildman–Crippen LogP) is 4.63. The monoisotopic (exact) mass is 296 g/mol. The molecule has 1 aromatic rings. The molecule has 0 saturated heterocycles. The van der Waals surface area contributed by atoms with Crippen molar-refractivity contribution in [3.05, 3.63) is 19.8 Å². The number of aliphatic hydroxyl groups excluding tert-OH is 1. The quantitative estimate of drug-likeness (QED) is 0.859. The van der Waals surface area contributed by atoms with Crippen LogP contribution in [0.25, 0.3) is 0 Å². The summed E-state index contributed by atoms with van der Waals surface area (Å²) < 4.78 is 0.900. The van der Waals surface area contributed by atoms with Gasteiger partial charge in [-0.3, -0.25) is 0 Å². The lowest BCUT2D eigenvalue weighted by atomic mass is 9.98. The van der Waals surface area contributed by atoms with Crippen LogP contribution in [0.3, 0.4) is 0 Å². The van der Waals surface area contributed by atoms with Crippen LogP contribution in [0.5, 0.6) is 0 Å². The summed E-state index contributed by atoms with van der Waals surface area (Å²) in [6.07, 6.45) is 1.75. The van der Waals surface area contributed by atoms with Crippen LogP contribution in [0, 0.1) is 5.92 Å². The molecule has 1 rings (SSSR count). The van der Waals surface area contributed by atoms with Crippen molar-refractivity contribution in [3.8, 4) is 0 Å². The van der Waals surface area contributed by atoms with Crippen molar-refractivity contribution >= 4 is 38.9 Å². The summed E-state index contributed by atoms with van der Waals surface area (Å²) in [7, 11) is 0. The third kappa shape index (κ3) is 2.96. The first-order chi connectivity index (χ1) is 6.56. The summed E-state index contributed by atoms with van der Waals surface area (Å²) in [5.41, 5.74) is 0. The van der Waals surface area contributed by atoms with Crippen LogP contribution in [0.4, 0.5) is 0 Å². The molecule has 1 nitrogen and oxygen atoms in total. The Hall–Kier alpha value is 0.430. The zero-order valence-electron chi connectivity index (χ0n) is 8.26. The molecule has 0 aliphatic heterocycles. The largest absolute Gasteiger partial charge is 0.387 e. The highest BCUT2D eigenvalue weighted by Gasteiger charge is 2.18. The second-order valence-electron chi connectivity index (χ2n) is 3.48. The number of halogens is 2. The first-order valence-electron chi connectivity index (χ1n) is 4.69. The Balaban J connectivity index is 2.73. The van der Waals surface area contributed by atoms with Gasteiger partial charge in [-0.25, -0.2) is 0 Å². The Morgan fingerprint density at radius 1 is 1.64 bits per heavy atom. The van der Waals surface area contributed by atoms with E-state index in [4.69, 9.17) is 11.6 Å². The van der Waals surface area contributed by atoms with Gasteiger partial charge < -0.3 is 5.11 Å². The molecule has 0 aromatic carbocycles. The molecule has 0 aliphatic rings. The number of aliphatic hydroxyl groups is 1. The van der Waals surface area contributed by atoms with Gasteiger partial charge in [0.2, 0.25) is 0 Å². The minimum atomic E-state index is -0.385. The van der Waals surface area contributed by atoms with Crippen molar-refractivity contribution < 1.29 is 5.11 Å². The first kappa shape index (κ1) is 12.5. The molecular weight excluding hydrogens is 284 g/mol. The molecule has 1 heterocycles. The van der Waals surface area contributed by atoms with Crippen molar-refractivity contribution in [1.29, 1.82) is 0 Å². The lowest BCUT2D eigenvalue weighted by Crippen LogP contribution is -2.07. The predicted molar refractivity (Wildman–Crippen MR) is 66.1 cm³/mol. The Kier molecular flexibility index (Phi) is 4.91. The summed E-state index contributed by atoms with van der Waals surface area (Å²) in [5.74, 6) is 0.293. The van der Waals surface area contributed by atoms with Gasteiger partial charge in [-0.2, -0.15) is 0 Å². The molecule has 2 unspecified atom stereocenters. The van der Waals surface area contributed by atoms with E-state index in [0.29, 0.717) is 10.9 Å². The van der Waals surface area contributed by atoms with Gasteiger partial charge in [-0.1, -0.05) is 31.9 Å². The topological polar surface area (TPSA) is 20.2 Å². The molecule has 0 amide bonds. The maximum absolute atomic E-state index is 9.99. The van der Waals surface area contributed by atoms with Gasteiger partial charge in [0.15, 0.2) is 0 Å². The van der Waals surface area contributed by atoms with E-state index in [1.165, 1.54) is 11.3 Å². The van der Waals surface area contributed by atoms with E-state index < -0.39 is 0 Å². The van der Waals surface area contributed by atoms with Gasteiger partial charge in [-0.15, -0.1) is 11.3 Å².